The number of amides is 1. The van der Waals surface area contributed by atoms with Crippen molar-refractivity contribution in [1.29, 1.82) is 0 Å². The standard InChI is InChI=1S/C12H20N4O.ClH/c1-12(2,13)11(17)15-9-5-4-6-10-8(9)7-14-16(10)3;/h7,9H,4-6,13H2,1-3H3,(H,15,17);1H. The van der Waals surface area contributed by atoms with Gasteiger partial charge in [0.15, 0.2) is 0 Å². The van der Waals surface area contributed by atoms with Crippen LogP contribution in [0.4, 0.5) is 0 Å². The molecular formula is C12H21ClN4O. The summed E-state index contributed by atoms with van der Waals surface area (Å²) in [7, 11) is 1.94. The fourth-order valence-corrected chi connectivity index (χ4v) is 2.20. The molecule has 1 aliphatic rings. The predicted molar refractivity (Wildman–Crippen MR) is 72.5 cm³/mol. The van der Waals surface area contributed by atoms with Crippen LogP contribution in [0.15, 0.2) is 6.20 Å². The minimum atomic E-state index is -0.834. The van der Waals surface area contributed by atoms with Gasteiger partial charge in [0, 0.05) is 18.3 Å². The van der Waals surface area contributed by atoms with E-state index in [9.17, 15) is 4.79 Å². The summed E-state index contributed by atoms with van der Waals surface area (Å²) in [5, 5.41) is 7.26. The second kappa shape index (κ2) is 5.28. The van der Waals surface area contributed by atoms with E-state index in [4.69, 9.17) is 5.73 Å². The quantitative estimate of drug-likeness (QED) is 0.846. The van der Waals surface area contributed by atoms with Gasteiger partial charge in [-0.3, -0.25) is 9.48 Å². The lowest BCUT2D eigenvalue weighted by Gasteiger charge is -2.27. The number of nitrogens with zero attached hydrogens (tertiary/aromatic N) is 2. The van der Waals surface area contributed by atoms with Crippen molar-refractivity contribution in [3.05, 3.63) is 17.5 Å². The summed E-state index contributed by atoms with van der Waals surface area (Å²) in [6, 6.07) is 0.0581. The Morgan fingerprint density at radius 2 is 2.28 bits per heavy atom. The van der Waals surface area contributed by atoms with Crippen molar-refractivity contribution in [2.45, 2.75) is 44.7 Å². The molecule has 0 spiro atoms. The Hall–Kier alpha value is -1.07. The normalized spacial score (nSPS) is 18.8. The van der Waals surface area contributed by atoms with E-state index in [2.05, 4.69) is 10.4 Å². The Balaban J connectivity index is 0.00000162. The molecule has 1 atom stereocenters. The molecule has 1 aromatic rings. The molecule has 18 heavy (non-hydrogen) atoms. The van der Waals surface area contributed by atoms with Crippen molar-refractivity contribution >= 4 is 18.3 Å². The first-order valence-corrected chi connectivity index (χ1v) is 6.00. The average Bonchev–Trinajstić information content (AvgIpc) is 2.60. The smallest absolute Gasteiger partial charge is 0.239 e. The molecule has 1 amide bonds. The van der Waals surface area contributed by atoms with Crippen LogP contribution < -0.4 is 11.1 Å². The fourth-order valence-electron chi connectivity index (χ4n) is 2.20. The van der Waals surface area contributed by atoms with Crippen LogP contribution in [0.5, 0.6) is 0 Å². The summed E-state index contributed by atoms with van der Waals surface area (Å²) in [5.74, 6) is -0.112. The third-order valence-electron chi connectivity index (χ3n) is 3.27. The van der Waals surface area contributed by atoms with Gasteiger partial charge in [-0.15, -0.1) is 12.4 Å². The molecule has 6 heteroatoms. The highest BCUT2D eigenvalue weighted by atomic mass is 35.5. The number of fused-ring (bicyclic) bond motifs is 1. The SMILES string of the molecule is Cl.Cn1ncc2c1CCCC2NC(=O)C(C)(C)N. The number of hydrogen-bond donors (Lipinski definition) is 2. The van der Waals surface area contributed by atoms with Gasteiger partial charge in [-0.1, -0.05) is 0 Å². The van der Waals surface area contributed by atoms with Crippen molar-refractivity contribution < 1.29 is 4.79 Å². The second-order valence-corrected chi connectivity index (χ2v) is 5.31. The number of carbonyl (C=O) groups is 1. The summed E-state index contributed by atoms with van der Waals surface area (Å²) < 4.78 is 1.89. The monoisotopic (exact) mass is 272 g/mol. The minimum absolute atomic E-state index is 0. The Morgan fingerprint density at radius 3 is 2.89 bits per heavy atom. The molecule has 0 aromatic carbocycles. The fraction of sp³-hybridized carbons (Fsp3) is 0.667. The number of carbonyl (C=O) groups excluding carboxylic acids is 1. The van der Waals surface area contributed by atoms with E-state index in [-0.39, 0.29) is 24.4 Å². The molecular weight excluding hydrogens is 252 g/mol. The van der Waals surface area contributed by atoms with Gasteiger partial charge in [0.25, 0.3) is 0 Å². The molecule has 0 bridgehead atoms. The highest BCUT2D eigenvalue weighted by Crippen LogP contribution is 2.29. The Kier molecular flexibility index (Phi) is 4.40. The molecule has 0 radical (unpaired) electrons. The van der Waals surface area contributed by atoms with E-state index < -0.39 is 5.54 Å². The number of hydrogen-bond acceptors (Lipinski definition) is 3. The van der Waals surface area contributed by atoms with Crippen LogP contribution in [-0.4, -0.2) is 21.2 Å². The topological polar surface area (TPSA) is 72.9 Å². The first kappa shape index (κ1) is 15.0. The van der Waals surface area contributed by atoms with E-state index in [0.717, 1.165) is 24.8 Å². The van der Waals surface area contributed by atoms with Crippen molar-refractivity contribution in [3.63, 3.8) is 0 Å². The van der Waals surface area contributed by atoms with Crippen molar-refractivity contribution in [2.75, 3.05) is 0 Å². The first-order valence-electron chi connectivity index (χ1n) is 6.00. The molecule has 102 valence electrons. The number of nitrogens with two attached hydrogens (primary N) is 1. The molecule has 1 unspecified atom stereocenters. The van der Waals surface area contributed by atoms with Crippen LogP contribution in [0.2, 0.25) is 0 Å². The van der Waals surface area contributed by atoms with Gasteiger partial charge in [0.05, 0.1) is 17.8 Å². The van der Waals surface area contributed by atoms with Gasteiger partial charge < -0.3 is 11.1 Å². The molecule has 0 fully saturated rings. The molecule has 0 saturated heterocycles. The zero-order valence-electron chi connectivity index (χ0n) is 11.1. The van der Waals surface area contributed by atoms with Gasteiger partial charge in [0.1, 0.15) is 0 Å². The maximum atomic E-state index is 11.9. The summed E-state index contributed by atoms with van der Waals surface area (Å²) in [5.41, 5.74) is 7.31. The van der Waals surface area contributed by atoms with Crippen LogP contribution in [0.1, 0.15) is 44.0 Å². The second-order valence-electron chi connectivity index (χ2n) is 5.31. The Labute approximate surface area is 114 Å². The number of halogens is 1. The molecule has 3 N–H and O–H groups in total. The maximum absolute atomic E-state index is 11.9. The van der Waals surface area contributed by atoms with Crippen molar-refractivity contribution in [3.8, 4) is 0 Å². The molecule has 1 heterocycles. The summed E-state index contributed by atoms with van der Waals surface area (Å²) >= 11 is 0. The van der Waals surface area contributed by atoms with Crippen LogP contribution in [0, 0.1) is 0 Å². The van der Waals surface area contributed by atoms with Gasteiger partial charge in [-0.2, -0.15) is 5.10 Å². The third kappa shape index (κ3) is 2.84. The maximum Gasteiger partial charge on any atom is 0.239 e. The predicted octanol–water partition coefficient (Wildman–Crippen LogP) is 1.07. The molecule has 5 nitrogen and oxygen atoms in total. The highest BCUT2D eigenvalue weighted by Gasteiger charge is 2.29. The summed E-state index contributed by atoms with van der Waals surface area (Å²) in [4.78, 5) is 11.9. The number of aromatic nitrogens is 2. The Morgan fingerprint density at radius 1 is 1.61 bits per heavy atom. The summed E-state index contributed by atoms with van der Waals surface area (Å²) in [6.45, 7) is 3.44. The van der Waals surface area contributed by atoms with Gasteiger partial charge >= 0.3 is 0 Å². The third-order valence-corrected chi connectivity index (χ3v) is 3.27. The molecule has 1 aromatic heterocycles. The van der Waals surface area contributed by atoms with Crippen molar-refractivity contribution in [1.82, 2.24) is 15.1 Å². The van der Waals surface area contributed by atoms with Crippen LogP contribution in [-0.2, 0) is 18.3 Å². The van der Waals surface area contributed by atoms with Crippen LogP contribution in [0.25, 0.3) is 0 Å². The van der Waals surface area contributed by atoms with E-state index >= 15 is 0 Å². The van der Waals surface area contributed by atoms with Gasteiger partial charge in [-0.25, -0.2) is 0 Å². The number of aryl methyl sites for hydroxylation is 1. The largest absolute Gasteiger partial charge is 0.348 e. The Bertz CT molecular complexity index is 436. The van der Waals surface area contributed by atoms with E-state index in [1.54, 1.807) is 13.8 Å². The van der Waals surface area contributed by atoms with Crippen molar-refractivity contribution in [2.24, 2.45) is 12.8 Å². The highest BCUT2D eigenvalue weighted by molar-refractivity contribution is 5.85. The lowest BCUT2D eigenvalue weighted by Crippen LogP contribution is -2.50. The lowest BCUT2D eigenvalue weighted by molar-refractivity contribution is -0.126. The van der Waals surface area contributed by atoms with Crippen LogP contribution >= 0.6 is 12.4 Å². The average molecular weight is 273 g/mol. The molecule has 1 aliphatic carbocycles. The van der Waals surface area contributed by atoms with Gasteiger partial charge in [0.2, 0.25) is 5.91 Å². The van der Waals surface area contributed by atoms with E-state index in [1.807, 2.05) is 17.9 Å². The minimum Gasteiger partial charge on any atom is -0.348 e. The molecule has 0 saturated carbocycles. The number of rotatable bonds is 2. The lowest BCUT2D eigenvalue weighted by atomic mass is 9.92. The zero-order chi connectivity index (χ0) is 12.6. The van der Waals surface area contributed by atoms with Crippen LogP contribution in [0.3, 0.4) is 0 Å². The van der Waals surface area contributed by atoms with Gasteiger partial charge in [-0.05, 0) is 33.1 Å². The van der Waals surface area contributed by atoms with E-state index in [1.165, 1.54) is 5.69 Å². The zero-order valence-corrected chi connectivity index (χ0v) is 11.9. The first-order chi connectivity index (χ1) is 7.89. The summed E-state index contributed by atoms with van der Waals surface area (Å²) in [6.07, 6.45) is 4.91. The molecule has 0 aliphatic heterocycles. The molecule has 2 rings (SSSR count). The van der Waals surface area contributed by atoms with E-state index in [0.29, 0.717) is 0 Å². The number of nitrogens with one attached hydrogen (secondary N) is 1.